The van der Waals surface area contributed by atoms with Crippen LogP contribution in [0.2, 0.25) is 0 Å². The molecule has 0 aromatic carbocycles. The van der Waals surface area contributed by atoms with Crippen molar-refractivity contribution in [3.8, 4) is 0 Å². The fourth-order valence-corrected chi connectivity index (χ4v) is 1.18. The summed E-state index contributed by atoms with van der Waals surface area (Å²) in [6.45, 7) is 7.67. The van der Waals surface area contributed by atoms with Gasteiger partial charge in [-0.15, -0.1) is 0 Å². The molecule has 1 aromatic rings. The van der Waals surface area contributed by atoms with E-state index in [-0.39, 0.29) is 30.3 Å². The summed E-state index contributed by atoms with van der Waals surface area (Å²) in [4.78, 5) is 40.8. The van der Waals surface area contributed by atoms with Crippen molar-refractivity contribution in [2.45, 2.75) is 33.2 Å². The van der Waals surface area contributed by atoms with Crippen LogP contribution < -0.4 is 0 Å². The molecule has 0 aliphatic carbocycles. The summed E-state index contributed by atoms with van der Waals surface area (Å²) in [5, 5.41) is 12.6. The summed E-state index contributed by atoms with van der Waals surface area (Å²) in [5.41, 5.74) is 0.0678. The summed E-state index contributed by atoms with van der Waals surface area (Å²) in [6.07, 6.45) is 3.39. The van der Waals surface area contributed by atoms with Crippen LogP contribution in [-0.4, -0.2) is 46.0 Å². The number of aldehydes is 2. The highest BCUT2D eigenvalue weighted by molar-refractivity contribution is 6.02. The quantitative estimate of drug-likeness (QED) is 0.488. The first-order valence-electron chi connectivity index (χ1n) is 6.53. The van der Waals surface area contributed by atoms with Gasteiger partial charge in [-0.3, -0.25) is 9.48 Å². The molecule has 0 amide bonds. The third-order valence-electron chi connectivity index (χ3n) is 2.37. The maximum absolute atomic E-state index is 10.5. The van der Waals surface area contributed by atoms with Crippen molar-refractivity contribution in [1.29, 1.82) is 0 Å². The van der Waals surface area contributed by atoms with Crippen molar-refractivity contribution in [2.24, 2.45) is 5.92 Å². The van der Waals surface area contributed by atoms with Crippen LogP contribution in [-0.2, 0) is 24.7 Å². The Morgan fingerprint density at radius 3 is 2.18 bits per heavy atom. The number of esters is 1. The molecule has 1 N–H and O–H groups in total. The molecule has 0 unspecified atom stereocenters. The van der Waals surface area contributed by atoms with Crippen molar-refractivity contribution < 1.29 is 29.0 Å². The topological polar surface area (TPSA) is 116 Å². The maximum atomic E-state index is 10.5. The monoisotopic (exact) mass is 312 g/mol. The molecular formula is C14H20N2O6. The van der Waals surface area contributed by atoms with Gasteiger partial charge < -0.3 is 19.4 Å². The van der Waals surface area contributed by atoms with Gasteiger partial charge in [-0.1, -0.05) is 0 Å². The maximum Gasteiger partial charge on any atom is 0.338 e. The molecular weight excluding hydrogens is 292 g/mol. The molecule has 0 radical (unpaired) electrons. The Balaban J connectivity index is 0.000000409. The number of carbonyl (C=O) groups is 4. The second kappa shape index (κ2) is 8.71. The second-order valence-corrected chi connectivity index (χ2v) is 5.20. The molecule has 0 aliphatic rings. The summed E-state index contributed by atoms with van der Waals surface area (Å²) in [5.74, 6) is -2.97. The molecule has 1 aromatic heterocycles. The molecule has 0 fully saturated rings. The zero-order chi connectivity index (χ0) is 17.3. The van der Waals surface area contributed by atoms with Gasteiger partial charge in [0.2, 0.25) is 0 Å². The van der Waals surface area contributed by atoms with Gasteiger partial charge in [-0.2, -0.15) is 5.10 Å². The Labute approximate surface area is 128 Å². The van der Waals surface area contributed by atoms with E-state index in [0.717, 1.165) is 0 Å². The number of nitrogens with zero attached hydrogens (tertiary/aromatic N) is 2. The van der Waals surface area contributed by atoms with Crippen molar-refractivity contribution in [3.05, 3.63) is 18.0 Å². The highest BCUT2D eigenvalue weighted by atomic mass is 16.5. The van der Waals surface area contributed by atoms with Gasteiger partial charge in [0, 0.05) is 6.20 Å². The lowest BCUT2D eigenvalue weighted by atomic mass is 10.1. The van der Waals surface area contributed by atoms with Crippen LogP contribution in [0.1, 0.15) is 38.1 Å². The molecule has 0 saturated heterocycles. The van der Waals surface area contributed by atoms with Crippen molar-refractivity contribution >= 4 is 24.5 Å². The fraction of sp³-hybridized carbons (Fsp3) is 0.500. The van der Waals surface area contributed by atoms with E-state index >= 15 is 0 Å². The Hall–Kier alpha value is -2.51. The van der Waals surface area contributed by atoms with Crippen LogP contribution >= 0.6 is 0 Å². The SMILES string of the molecule is CC(C)(C)n1cc(C(=O)O)cn1.CCOC(=O)C(C=O)C=O. The van der Waals surface area contributed by atoms with Crippen LogP contribution in [0.5, 0.6) is 0 Å². The smallest absolute Gasteiger partial charge is 0.338 e. The zero-order valence-electron chi connectivity index (χ0n) is 13.0. The number of hydrogen-bond acceptors (Lipinski definition) is 6. The van der Waals surface area contributed by atoms with Gasteiger partial charge >= 0.3 is 11.9 Å². The molecule has 0 saturated carbocycles. The highest BCUT2D eigenvalue weighted by Gasteiger charge is 2.17. The van der Waals surface area contributed by atoms with E-state index in [4.69, 9.17) is 5.11 Å². The molecule has 22 heavy (non-hydrogen) atoms. The summed E-state index contributed by atoms with van der Waals surface area (Å²) in [7, 11) is 0. The van der Waals surface area contributed by atoms with Crippen molar-refractivity contribution in [2.75, 3.05) is 6.61 Å². The number of aromatic carboxylic acids is 1. The molecule has 122 valence electrons. The van der Waals surface area contributed by atoms with E-state index in [1.54, 1.807) is 11.6 Å². The van der Waals surface area contributed by atoms with Gasteiger partial charge in [-0.25, -0.2) is 4.79 Å². The summed E-state index contributed by atoms with van der Waals surface area (Å²) >= 11 is 0. The van der Waals surface area contributed by atoms with Gasteiger partial charge in [0.05, 0.1) is 23.9 Å². The lowest BCUT2D eigenvalue weighted by Crippen LogP contribution is -2.22. The van der Waals surface area contributed by atoms with Crippen molar-refractivity contribution in [3.63, 3.8) is 0 Å². The molecule has 1 rings (SSSR count). The number of carbonyl (C=O) groups excluding carboxylic acids is 3. The molecule has 0 aliphatic heterocycles. The Morgan fingerprint density at radius 1 is 1.36 bits per heavy atom. The first-order chi connectivity index (χ1) is 10.2. The highest BCUT2D eigenvalue weighted by Crippen LogP contribution is 2.12. The minimum absolute atomic E-state index is 0.159. The van der Waals surface area contributed by atoms with Gasteiger partial charge in [0.25, 0.3) is 0 Å². The van der Waals surface area contributed by atoms with Crippen LogP contribution in [0.4, 0.5) is 0 Å². The number of ether oxygens (including phenoxy) is 1. The molecule has 0 atom stereocenters. The molecule has 0 bridgehead atoms. The standard InChI is InChI=1S/C8H12N2O2.C6H8O4/c1-8(2,3)10-5-6(4-9-10)7(11)12;1-2-10-6(9)5(3-7)4-8/h4-5H,1-3H3,(H,11,12);3-5H,2H2,1H3. The largest absolute Gasteiger partial charge is 0.478 e. The molecule has 8 heteroatoms. The average Bonchev–Trinajstić information content (AvgIpc) is 2.91. The van der Waals surface area contributed by atoms with Crippen LogP contribution in [0, 0.1) is 5.92 Å². The fourth-order valence-electron chi connectivity index (χ4n) is 1.18. The number of carboxylic acids is 1. The predicted molar refractivity (Wildman–Crippen MR) is 76.4 cm³/mol. The molecule has 1 heterocycles. The first kappa shape index (κ1) is 19.5. The minimum atomic E-state index is -1.25. The third-order valence-corrected chi connectivity index (χ3v) is 2.37. The molecule has 0 spiro atoms. The lowest BCUT2D eigenvalue weighted by Gasteiger charge is -2.18. The number of carboxylic acid groups (broad SMARTS) is 1. The molecule has 8 nitrogen and oxygen atoms in total. The number of rotatable bonds is 5. The Morgan fingerprint density at radius 2 is 1.91 bits per heavy atom. The van der Waals surface area contributed by atoms with E-state index in [0.29, 0.717) is 0 Å². The van der Waals surface area contributed by atoms with Gasteiger partial charge in [0.15, 0.2) is 5.92 Å². The van der Waals surface area contributed by atoms with Crippen LogP contribution in [0.25, 0.3) is 0 Å². The zero-order valence-corrected chi connectivity index (χ0v) is 13.0. The van der Waals surface area contributed by atoms with Crippen molar-refractivity contribution in [1.82, 2.24) is 9.78 Å². The predicted octanol–water partition coefficient (Wildman–Crippen LogP) is 0.900. The van der Waals surface area contributed by atoms with E-state index in [1.807, 2.05) is 20.8 Å². The van der Waals surface area contributed by atoms with E-state index in [1.165, 1.54) is 12.4 Å². The van der Waals surface area contributed by atoms with E-state index < -0.39 is 17.9 Å². The van der Waals surface area contributed by atoms with Crippen LogP contribution in [0.3, 0.4) is 0 Å². The van der Waals surface area contributed by atoms with E-state index in [2.05, 4.69) is 9.84 Å². The number of aromatic nitrogens is 2. The summed E-state index contributed by atoms with van der Waals surface area (Å²) in [6, 6.07) is 0. The van der Waals surface area contributed by atoms with Gasteiger partial charge in [0.1, 0.15) is 12.6 Å². The Bertz CT molecular complexity index is 522. The average molecular weight is 312 g/mol. The normalized spacial score (nSPS) is 10.4. The second-order valence-electron chi connectivity index (χ2n) is 5.20. The number of hydrogen-bond donors (Lipinski definition) is 1. The Kier molecular flexibility index (Phi) is 7.71. The van der Waals surface area contributed by atoms with E-state index in [9.17, 15) is 19.2 Å². The third kappa shape index (κ3) is 6.29. The van der Waals surface area contributed by atoms with Crippen LogP contribution in [0.15, 0.2) is 12.4 Å². The minimum Gasteiger partial charge on any atom is -0.478 e. The van der Waals surface area contributed by atoms with Gasteiger partial charge in [-0.05, 0) is 27.7 Å². The first-order valence-corrected chi connectivity index (χ1v) is 6.53. The summed E-state index contributed by atoms with van der Waals surface area (Å²) < 4.78 is 6.02. The lowest BCUT2D eigenvalue weighted by molar-refractivity contribution is -0.150.